The van der Waals surface area contributed by atoms with Crippen LogP contribution in [0.2, 0.25) is 0 Å². The molecule has 0 saturated heterocycles. The van der Waals surface area contributed by atoms with Crippen LogP contribution in [0.4, 0.5) is 5.82 Å². The summed E-state index contributed by atoms with van der Waals surface area (Å²) in [5.41, 5.74) is 12.0. The van der Waals surface area contributed by atoms with Crippen molar-refractivity contribution in [3.63, 3.8) is 0 Å². The number of rotatable bonds is 3. The van der Waals surface area contributed by atoms with Crippen molar-refractivity contribution in [3.8, 4) is 11.5 Å². The Morgan fingerprint density at radius 2 is 2.12 bits per heavy atom. The number of H-pyrrole nitrogens is 1. The summed E-state index contributed by atoms with van der Waals surface area (Å²) in [5.74, 6) is 0.700. The summed E-state index contributed by atoms with van der Waals surface area (Å²) in [7, 11) is 1.44. The number of para-hydroxylation sites is 1. The third-order valence-corrected chi connectivity index (χ3v) is 3.49. The molecule has 1 aromatic carbocycles. The van der Waals surface area contributed by atoms with Gasteiger partial charge in [0.05, 0.1) is 5.52 Å². The quantitative estimate of drug-likeness (QED) is 0.431. The van der Waals surface area contributed by atoms with Crippen LogP contribution in [-0.4, -0.2) is 33.8 Å². The Kier molecular flexibility index (Phi) is 3.78. The molecule has 0 fully saturated rings. The third-order valence-electron chi connectivity index (χ3n) is 3.49. The molecule has 0 aliphatic rings. The number of ether oxygens (including phenoxy) is 1. The van der Waals surface area contributed by atoms with Crippen LogP contribution < -0.4 is 16.2 Å². The predicted octanol–water partition coefficient (Wildman–Crippen LogP) is 1.90. The molecule has 0 spiro atoms. The normalized spacial score (nSPS) is 10.5. The van der Waals surface area contributed by atoms with Gasteiger partial charge in [0, 0.05) is 24.7 Å². The lowest BCUT2D eigenvalue weighted by atomic mass is 10.2. The van der Waals surface area contributed by atoms with E-state index in [9.17, 15) is 4.79 Å². The van der Waals surface area contributed by atoms with Gasteiger partial charge in [0.2, 0.25) is 0 Å². The lowest BCUT2D eigenvalue weighted by Crippen LogP contribution is -2.38. The van der Waals surface area contributed by atoms with E-state index in [-0.39, 0.29) is 5.96 Å². The molecule has 3 rings (SSSR count). The van der Waals surface area contributed by atoms with E-state index in [4.69, 9.17) is 21.6 Å². The number of nitrogen functional groups attached to an aromatic ring is 1. The molecule has 0 bridgehead atoms. The third kappa shape index (κ3) is 2.84. The van der Waals surface area contributed by atoms with Gasteiger partial charge in [-0.05, 0) is 18.2 Å². The number of nitrogens with one attached hydrogen (secondary N) is 2. The Labute approximate surface area is 137 Å². The van der Waals surface area contributed by atoms with Crippen molar-refractivity contribution >= 4 is 28.6 Å². The van der Waals surface area contributed by atoms with Crippen LogP contribution in [-0.2, 0) is 0 Å². The van der Waals surface area contributed by atoms with Gasteiger partial charge in [0.25, 0.3) is 5.91 Å². The minimum atomic E-state index is -0.405. The molecule has 0 saturated carbocycles. The topological polar surface area (TPSA) is 134 Å². The number of hydrogen-bond acceptors (Lipinski definition) is 5. The van der Waals surface area contributed by atoms with E-state index >= 15 is 0 Å². The second-order valence-corrected chi connectivity index (χ2v) is 5.17. The number of aromatic amines is 1. The molecule has 24 heavy (non-hydrogen) atoms. The smallest absolute Gasteiger partial charge is 0.276 e. The number of aromatic nitrogens is 2. The number of amides is 1. The molecule has 0 aliphatic heterocycles. The summed E-state index contributed by atoms with van der Waals surface area (Å²) >= 11 is 0. The fourth-order valence-corrected chi connectivity index (χ4v) is 2.24. The lowest BCUT2D eigenvalue weighted by molar-refractivity contribution is 0.0864. The molecule has 0 unspecified atom stereocenters. The second kappa shape index (κ2) is 5.92. The van der Waals surface area contributed by atoms with Crippen LogP contribution in [0.1, 0.15) is 10.5 Å². The molecule has 2 heterocycles. The van der Waals surface area contributed by atoms with Crippen molar-refractivity contribution in [1.29, 1.82) is 5.41 Å². The molecule has 2 aromatic heterocycles. The Morgan fingerprint density at radius 3 is 2.83 bits per heavy atom. The van der Waals surface area contributed by atoms with Gasteiger partial charge >= 0.3 is 0 Å². The van der Waals surface area contributed by atoms with Crippen LogP contribution in [0.15, 0.2) is 42.6 Å². The van der Waals surface area contributed by atoms with Crippen LogP contribution >= 0.6 is 0 Å². The average Bonchev–Trinajstić information content (AvgIpc) is 2.98. The fraction of sp³-hybridized carbons (Fsp3) is 0.0625. The van der Waals surface area contributed by atoms with Crippen LogP contribution in [0.3, 0.4) is 0 Å². The molecule has 0 radical (unpaired) electrons. The van der Waals surface area contributed by atoms with Crippen LogP contribution in [0.25, 0.3) is 10.9 Å². The van der Waals surface area contributed by atoms with Crippen molar-refractivity contribution in [1.82, 2.24) is 14.9 Å². The van der Waals surface area contributed by atoms with E-state index in [1.807, 2.05) is 12.1 Å². The number of benzene rings is 1. The highest BCUT2D eigenvalue weighted by molar-refractivity contribution is 6.06. The second-order valence-electron chi connectivity index (χ2n) is 5.17. The summed E-state index contributed by atoms with van der Waals surface area (Å²) < 4.78 is 5.83. The molecule has 1 amide bonds. The number of guanidine groups is 1. The van der Waals surface area contributed by atoms with Gasteiger partial charge in [-0.3, -0.25) is 15.1 Å². The van der Waals surface area contributed by atoms with Crippen molar-refractivity contribution in [2.24, 2.45) is 5.73 Å². The maximum Gasteiger partial charge on any atom is 0.276 e. The molecule has 0 aliphatic carbocycles. The highest BCUT2D eigenvalue weighted by Crippen LogP contribution is 2.30. The maximum absolute atomic E-state index is 12.3. The highest BCUT2D eigenvalue weighted by Gasteiger charge is 2.17. The van der Waals surface area contributed by atoms with E-state index in [1.54, 1.807) is 30.5 Å². The van der Waals surface area contributed by atoms with E-state index in [0.717, 1.165) is 10.3 Å². The molecular formula is C16H16N6O2. The van der Waals surface area contributed by atoms with E-state index in [2.05, 4.69) is 9.97 Å². The number of hydrogen-bond donors (Lipinski definition) is 4. The Bertz CT molecular complexity index is 933. The largest absolute Gasteiger partial charge is 0.455 e. The monoisotopic (exact) mass is 324 g/mol. The molecule has 6 N–H and O–H groups in total. The van der Waals surface area contributed by atoms with Crippen molar-refractivity contribution in [2.45, 2.75) is 0 Å². The first kappa shape index (κ1) is 15.3. The van der Waals surface area contributed by atoms with Crippen LogP contribution in [0.5, 0.6) is 11.5 Å². The predicted molar refractivity (Wildman–Crippen MR) is 91.0 cm³/mol. The Hall–Kier alpha value is -3.55. The minimum absolute atomic E-state index is 0.313. The summed E-state index contributed by atoms with van der Waals surface area (Å²) in [4.78, 5) is 20.3. The lowest BCUT2D eigenvalue weighted by Gasteiger charge is -2.12. The SMILES string of the molecule is CN(C(=N)N)C(=O)c1cc2cccc(Oc3ccnc(N)c3)c2[nH]1. The zero-order valence-corrected chi connectivity index (χ0v) is 12.9. The zero-order chi connectivity index (χ0) is 17.3. The van der Waals surface area contributed by atoms with Gasteiger partial charge in [0.1, 0.15) is 17.3 Å². The van der Waals surface area contributed by atoms with E-state index in [0.29, 0.717) is 28.5 Å². The standard InChI is InChI=1S/C16H16N6O2/c1-22(16(18)19)15(23)11-7-9-3-2-4-12(14(9)21-11)24-10-5-6-20-13(17)8-10/h2-8,21H,1H3,(H2,17,20)(H3,18,19). The summed E-state index contributed by atoms with van der Waals surface area (Å²) in [6.45, 7) is 0. The van der Waals surface area contributed by atoms with Gasteiger partial charge in [-0.2, -0.15) is 0 Å². The van der Waals surface area contributed by atoms with Crippen molar-refractivity contribution in [2.75, 3.05) is 12.8 Å². The first-order valence-corrected chi connectivity index (χ1v) is 7.09. The molecule has 8 nitrogen and oxygen atoms in total. The summed E-state index contributed by atoms with van der Waals surface area (Å²) in [5, 5.41) is 8.15. The molecule has 0 atom stereocenters. The molecule has 3 aromatic rings. The molecular weight excluding hydrogens is 308 g/mol. The minimum Gasteiger partial charge on any atom is -0.455 e. The first-order valence-electron chi connectivity index (χ1n) is 7.09. The highest BCUT2D eigenvalue weighted by atomic mass is 16.5. The summed E-state index contributed by atoms with van der Waals surface area (Å²) in [6, 6.07) is 10.4. The van der Waals surface area contributed by atoms with Crippen molar-refractivity contribution < 1.29 is 9.53 Å². The number of fused-ring (bicyclic) bond motifs is 1. The zero-order valence-electron chi connectivity index (χ0n) is 12.9. The average molecular weight is 324 g/mol. The van der Waals surface area contributed by atoms with E-state index < -0.39 is 5.91 Å². The Balaban J connectivity index is 1.98. The number of carbonyl (C=O) groups is 1. The number of nitrogens with zero attached hydrogens (tertiary/aromatic N) is 2. The van der Waals surface area contributed by atoms with Gasteiger partial charge in [-0.15, -0.1) is 0 Å². The van der Waals surface area contributed by atoms with E-state index in [1.165, 1.54) is 7.05 Å². The first-order chi connectivity index (χ1) is 11.5. The van der Waals surface area contributed by atoms with Gasteiger partial charge < -0.3 is 21.2 Å². The molecule has 122 valence electrons. The number of carbonyl (C=O) groups excluding carboxylic acids is 1. The number of pyridine rings is 1. The fourth-order valence-electron chi connectivity index (χ4n) is 2.24. The number of nitrogens with two attached hydrogens (primary N) is 2. The van der Waals surface area contributed by atoms with Gasteiger partial charge in [0.15, 0.2) is 11.7 Å². The van der Waals surface area contributed by atoms with Crippen molar-refractivity contribution in [3.05, 3.63) is 48.3 Å². The maximum atomic E-state index is 12.3. The van der Waals surface area contributed by atoms with Gasteiger partial charge in [-0.1, -0.05) is 12.1 Å². The van der Waals surface area contributed by atoms with Gasteiger partial charge in [-0.25, -0.2) is 4.98 Å². The molecule has 8 heteroatoms. The van der Waals surface area contributed by atoms with Crippen LogP contribution in [0, 0.1) is 5.41 Å². The Morgan fingerprint density at radius 1 is 1.33 bits per heavy atom. The summed E-state index contributed by atoms with van der Waals surface area (Å²) in [6.07, 6.45) is 1.55. The number of anilines is 1.